The highest BCUT2D eigenvalue weighted by Gasteiger charge is 2.32. The molecule has 0 bridgehead atoms. The molecule has 1 aromatic carbocycles. The van der Waals surface area contributed by atoms with Gasteiger partial charge in [-0.15, -0.1) is 0 Å². The van der Waals surface area contributed by atoms with Gasteiger partial charge in [-0.3, -0.25) is 4.79 Å². The lowest BCUT2D eigenvalue weighted by atomic mass is 9.87. The molecule has 2 unspecified atom stereocenters. The zero-order chi connectivity index (χ0) is 11.7. The lowest BCUT2D eigenvalue weighted by Gasteiger charge is -2.27. The molecular weight excluding hydrogens is 214 g/mol. The van der Waals surface area contributed by atoms with Crippen LogP contribution in [0.25, 0.3) is 0 Å². The normalized spacial score (nSPS) is 27.8. The van der Waals surface area contributed by atoms with Gasteiger partial charge in [-0.2, -0.15) is 0 Å². The van der Waals surface area contributed by atoms with E-state index in [0.717, 1.165) is 31.6 Å². The minimum atomic E-state index is -0.119. The average Bonchev–Trinajstić information content (AvgIpc) is 2.91. The summed E-state index contributed by atoms with van der Waals surface area (Å²) in [5.41, 5.74) is 2.47. The number of ether oxygens (including phenoxy) is 1. The maximum absolute atomic E-state index is 12.4. The second-order valence-electron chi connectivity index (χ2n) is 4.80. The molecule has 1 aromatic rings. The van der Waals surface area contributed by atoms with Crippen LogP contribution in [0.2, 0.25) is 0 Å². The first-order valence-corrected chi connectivity index (χ1v) is 6.29. The summed E-state index contributed by atoms with van der Waals surface area (Å²) in [6.07, 6.45) is 1.89. The number of Topliss-reactive ketones (excluding diaryl/α,β-unsaturated/α-hetero) is 1. The van der Waals surface area contributed by atoms with Crippen molar-refractivity contribution in [3.05, 3.63) is 35.4 Å². The molecule has 0 aromatic heterocycles. The summed E-state index contributed by atoms with van der Waals surface area (Å²) < 4.78 is 5.31. The topological polar surface area (TPSA) is 38.3 Å². The van der Waals surface area contributed by atoms with Crippen molar-refractivity contribution in [2.75, 3.05) is 19.8 Å². The number of nitrogens with one attached hydrogen (secondary N) is 1. The Kier molecular flexibility index (Phi) is 2.95. The zero-order valence-electron chi connectivity index (χ0n) is 9.82. The summed E-state index contributed by atoms with van der Waals surface area (Å²) in [4.78, 5) is 12.4. The average molecular weight is 231 g/mol. The fraction of sp³-hybridized carbons (Fsp3) is 0.500. The van der Waals surface area contributed by atoms with Gasteiger partial charge in [0.1, 0.15) is 0 Å². The fourth-order valence-electron chi connectivity index (χ4n) is 2.75. The van der Waals surface area contributed by atoms with Crippen molar-refractivity contribution in [1.29, 1.82) is 0 Å². The second-order valence-corrected chi connectivity index (χ2v) is 4.80. The predicted octanol–water partition coefficient (Wildman–Crippen LogP) is 1.48. The Labute approximate surface area is 101 Å². The Morgan fingerprint density at radius 1 is 1.35 bits per heavy atom. The van der Waals surface area contributed by atoms with Crippen LogP contribution < -0.4 is 5.32 Å². The van der Waals surface area contributed by atoms with Crippen LogP contribution >= 0.6 is 0 Å². The molecule has 0 amide bonds. The van der Waals surface area contributed by atoms with Crippen LogP contribution in [0.15, 0.2) is 24.3 Å². The van der Waals surface area contributed by atoms with Crippen molar-refractivity contribution in [2.45, 2.75) is 18.9 Å². The van der Waals surface area contributed by atoms with Crippen molar-refractivity contribution >= 4 is 5.78 Å². The molecule has 3 heteroatoms. The first kappa shape index (κ1) is 10.9. The van der Waals surface area contributed by atoms with Gasteiger partial charge in [-0.25, -0.2) is 0 Å². The SMILES string of the molecule is O=C(C1CCOC1)C1NCCc2ccccc21. The molecule has 0 spiro atoms. The van der Waals surface area contributed by atoms with Crippen LogP contribution in [0.5, 0.6) is 0 Å². The number of fused-ring (bicyclic) bond motifs is 1. The first-order valence-electron chi connectivity index (χ1n) is 6.29. The van der Waals surface area contributed by atoms with Gasteiger partial charge in [0.25, 0.3) is 0 Å². The van der Waals surface area contributed by atoms with Gasteiger partial charge in [0.15, 0.2) is 5.78 Å². The summed E-state index contributed by atoms with van der Waals surface area (Å²) in [7, 11) is 0. The quantitative estimate of drug-likeness (QED) is 0.838. The Morgan fingerprint density at radius 3 is 3.06 bits per heavy atom. The van der Waals surface area contributed by atoms with E-state index in [9.17, 15) is 4.79 Å². The number of rotatable bonds is 2. The summed E-state index contributed by atoms with van der Waals surface area (Å²) >= 11 is 0. The molecule has 3 rings (SSSR count). The third-order valence-corrected chi connectivity index (χ3v) is 3.73. The summed E-state index contributed by atoms with van der Waals surface area (Å²) in [6.45, 7) is 2.21. The van der Waals surface area contributed by atoms with Crippen LogP contribution in [-0.4, -0.2) is 25.5 Å². The molecule has 2 aliphatic rings. The number of hydrogen-bond acceptors (Lipinski definition) is 3. The van der Waals surface area contributed by atoms with Crippen molar-refractivity contribution in [1.82, 2.24) is 5.32 Å². The molecular formula is C14H17NO2. The zero-order valence-corrected chi connectivity index (χ0v) is 9.82. The Balaban J connectivity index is 1.86. The van der Waals surface area contributed by atoms with E-state index in [2.05, 4.69) is 17.4 Å². The minimum Gasteiger partial charge on any atom is -0.381 e. The lowest BCUT2D eigenvalue weighted by Crippen LogP contribution is -2.38. The number of ketones is 1. The summed E-state index contributed by atoms with van der Waals surface area (Å²) in [5.74, 6) is 0.383. The molecule has 0 radical (unpaired) electrons. The molecule has 2 heterocycles. The lowest BCUT2D eigenvalue weighted by molar-refractivity contribution is -0.125. The third kappa shape index (κ3) is 2.01. The van der Waals surface area contributed by atoms with E-state index in [1.54, 1.807) is 0 Å². The van der Waals surface area contributed by atoms with E-state index in [1.807, 2.05) is 12.1 Å². The molecule has 2 aliphatic heterocycles. The van der Waals surface area contributed by atoms with Crippen molar-refractivity contribution < 1.29 is 9.53 Å². The Bertz CT molecular complexity index is 424. The molecule has 3 nitrogen and oxygen atoms in total. The van der Waals surface area contributed by atoms with Gasteiger partial charge in [-0.05, 0) is 24.0 Å². The first-order chi connectivity index (χ1) is 8.36. The largest absolute Gasteiger partial charge is 0.381 e. The molecule has 1 fully saturated rings. The highest BCUT2D eigenvalue weighted by Crippen LogP contribution is 2.28. The Morgan fingerprint density at radius 2 is 2.24 bits per heavy atom. The van der Waals surface area contributed by atoms with E-state index in [4.69, 9.17) is 4.74 Å². The fourth-order valence-corrected chi connectivity index (χ4v) is 2.75. The van der Waals surface area contributed by atoms with E-state index in [0.29, 0.717) is 12.4 Å². The number of carbonyl (C=O) groups is 1. The van der Waals surface area contributed by atoms with Gasteiger partial charge in [0.05, 0.1) is 12.6 Å². The van der Waals surface area contributed by atoms with E-state index < -0.39 is 0 Å². The molecule has 1 N–H and O–H groups in total. The van der Waals surface area contributed by atoms with Crippen molar-refractivity contribution in [2.24, 2.45) is 5.92 Å². The molecule has 2 atom stereocenters. The third-order valence-electron chi connectivity index (χ3n) is 3.73. The maximum Gasteiger partial charge on any atom is 0.159 e. The van der Waals surface area contributed by atoms with Crippen LogP contribution in [0.1, 0.15) is 23.6 Å². The highest BCUT2D eigenvalue weighted by atomic mass is 16.5. The molecule has 0 saturated carbocycles. The minimum absolute atomic E-state index is 0.0821. The molecule has 17 heavy (non-hydrogen) atoms. The standard InChI is InChI=1S/C14H17NO2/c16-14(11-6-8-17-9-11)13-12-4-2-1-3-10(12)5-7-15-13/h1-4,11,13,15H,5-9H2. The van der Waals surface area contributed by atoms with Crippen LogP contribution in [0.3, 0.4) is 0 Å². The monoisotopic (exact) mass is 231 g/mol. The van der Waals surface area contributed by atoms with Crippen molar-refractivity contribution in [3.8, 4) is 0 Å². The Hall–Kier alpha value is -1.19. The predicted molar refractivity (Wildman–Crippen MR) is 64.8 cm³/mol. The second kappa shape index (κ2) is 4.59. The van der Waals surface area contributed by atoms with Gasteiger partial charge in [0, 0.05) is 19.1 Å². The van der Waals surface area contributed by atoms with Crippen LogP contribution in [0, 0.1) is 5.92 Å². The number of benzene rings is 1. The van der Waals surface area contributed by atoms with E-state index in [1.165, 1.54) is 5.56 Å². The summed E-state index contributed by atoms with van der Waals surface area (Å²) in [5, 5.41) is 3.35. The van der Waals surface area contributed by atoms with Crippen LogP contribution in [-0.2, 0) is 16.0 Å². The maximum atomic E-state index is 12.4. The van der Waals surface area contributed by atoms with Gasteiger partial charge < -0.3 is 10.1 Å². The number of carbonyl (C=O) groups excluding carboxylic acids is 1. The van der Waals surface area contributed by atoms with Gasteiger partial charge in [-0.1, -0.05) is 24.3 Å². The van der Waals surface area contributed by atoms with Gasteiger partial charge in [0.2, 0.25) is 0 Å². The van der Waals surface area contributed by atoms with Gasteiger partial charge >= 0.3 is 0 Å². The van der Waals surface area contributed by atoms with Crippen LogP contribution in [0.4, 0.5) is 0 Å². The van der Waals surface area contributed by atoms with E-state index in [-0.39, 0.29) is 12.0 Å². The molecule has 1 saturated heterocycles. The summed E-state index contributed by atoms with van der Waals surface area (Å²) in [6, 6.07) is 8.13. The smallest absolute Gasteiger partial charge is 0.159 e. The number of hydrogen-bond donors (Lipinski definition) is 1. The molecule has 0 aliphatic carbocycles. The highest BCUT2D eigenvalue weighted by molar-refractivity contribution is 5.88. The van der Waals surface area contributed by atoms with Crippen molar-refractivity contribution in [3.63, 3.8) is 0 Å². The molecule has 90 valence electrons. The van der Waals surface area contributed by atoms with E-state index >= 15 is 0 Å².